The molecule has 3 heterocycles. The number of aromatic amines is 1. The van der Waals surface area contributed by atoms with Crippen LogP contribution >= 0.6 is 0 Å². The molecule has 1 aromatic heterocycles. The van der Waals surface area contributed by atoms with Gasteiger partial charge in [0, 0.05) is 38.2 Å². The fourth-order valence-electron chi connectivity index (χ4n) is 4.41. The van der Waals surface area contributed by atoms with Crippen molar-refractivity contribution in [1.82, 2.24) is 25.2 Å². The Hall–Kier alpha value is -3.96. The minimum absolute atomic E-state index is 0.00202. The second-order valence-corrected chi connectivity index (χ2v) is 8.46. The van der Waals surface area contributed by atoms with E-state index in [9.17, 15) is 27.2 Å². The summed E-state index contributed by atoms with van der Waals surface area (Å²) in [6, 6.07) is 8.36. The molecule has 2 aliphatic rings. The van der Waals surface area contributed by atoms with Crippen LogP contribution in [-0.4, -0.2) is 63.0 Å². The van der Waals surface area contributed by atoms with Crippen molar-refractivity contribution in [3.63, 3.8) is 0 Å². The molecule has 1 fully saturated rings. The lowest BCUT2D eigenvalue weighted by atomic mass is 10.1. The van der Waals surface area contributed by atoms with E-state index in [1.54, 1.807) is 17.2 Å². The zero-order valence-electron chi connectivity index (χ0n) is 18.2. The van der Waals surface area contributed by atoms with Crippen molar-refractivity contribution in [3.05, 3.63) is 65.1 Å². The molecule has 35 heavy (non-hydrogen) atoms. The summed E-state index contributed by atoms with van der Waals surface area (Å²) in [7, 11) is 0. The number of benzene rings is 2. The molecule has 5 rings (SSSR count). The topological polar surface area (TPSA) is 91.4 Å². The van der Waals surface area contributed by atoms with Gasteiger partial charge in [-0.1, -0.05) is 17.3 Å². The van der Waals surface area contributed by atoms with E-state index in [2.05, 4.69) is 20.1 Å². The summed E-state index contributed by atoms with van der Waals surface area (Å²) < 4.78 is 55.3. The summed E-state index contributed by atoms with van der Waals surface area (Å²) in [4.78, 5) is 28.7. The van der Waals surface area contributed by atoms with Crippen LogP contribution in [-0.2, 0) is 11.2 Å². The number of alkyl halides is 3. The summed E-state index contributed by atoms with van der Waals surface area (Å²) in [5.74, 6) is -1.64. The number of carbonyl (C=O) groups is 2. The quantitative estimate of drug-likeness (QED) is 0.555. The Labute approximate surface area is 196 Å². The van der Waals surface area contributed by atoms with Gasteiger partial charge in [0.05, 0.1) is 11.1 Å². The maximum atomic E-state index is 14.7. The lowest BCUT2D eigenvalue weighted by Crippen LogP contribution is -2.33. The minimum Gasteiger partial charge on any atom is -0.406 e. The number of fused-ring (bicyclic) bond motifs is 2. The lowest BCUT2D eigenvalue weighted by molar-refractivity contribution is -0.274. The first-order valence-electron chi connectivity index (χ1n) is 10.8. The van der Waals surface area contributed by atoms with Crippen LogP contribution in [0.4, 0.5) is 17.6 Å². The van der Waals surface area contributed by atoms with E-state index in [4.69, 9.17) is 0 Å². The van der Waals surface area contributed by atoms with E-state index < -0.39 is 18.1 Å². The predicted octanol–water partition coefficient (Wildman–Crippen LogP) is 3.43. The number of amides is 2. The SMILES string of the molecule is O=C(c1ccc2[nH]nnc2c1F)N1C=C2CN(C(=O)CCc3ccc(OC(F)(F)F)cc3)C[C@@H]2C1. The molecule has 182 valence electrons. The number of carbonyl (C=O) groups excluding carboxylic acids is 2. The van der Waals surface area contributed by atoms with Gasteiger partial charge in [-0.2, -0.15) is 0 Å². The second-order valence-electron chi connectivity index (χ2n) is 8.46. The fourth-order valence-corrected chi connectivity index (χ4v) is 4.41. The molecular weight excluding hydrogens is 470 g/mol. The van der Waals surface area contributed by atoms with Crippen molar-refractivity contribution in [2.45, 2.75) is 19.2 Å². The number of nitrogens with one attached hydrogen (secondary N) is 1. The van der Waals surface area contributed by atoms with Gasteiger partial charge in [-0.05, 0) is 41.8 Å². The largest absolute Gasteiger partial charge is 0.573 e. The Bertz CT molecular complexity index is 1320. The van der Waals surface area contributed by atoms with Gasteiger partial charge in [0.25, 0.3) is 5.91 Å². The Balaban J connectivity index is 1.17. The average molecular weight is 489 g/mol. The number of ether oxygens (including phenoxy) is 1. The number of likely N-dealkylation sites (tertiary alicyclic amines) is 1. The summed E-state index contributed by atoms with van der Waals surface area (Å²) in [5, 5.41) is 9.77. The second kappa shape index (κ2) is 8.67. The van der Waals surface area contributed by atoms with Crippen molar-refractivity contribution < 1.29 is 31.9 Å². The van der Waals surface area contributed by atoms with Gasteiger partial charge in [-0.3, -0.25) is 14.7 Å². The van der Waals surface area contributed by atoms with Gasteiger partial charge in [0.1, 0.15) is 11.3 Å². The summed E-state index contributed by atoms with van der Waals surface area (Å²) in [5.41, 5.74) is 1.94. The van der Waals surface area contributed by atoms with Crippen LogP contribution < -0.4 is 4.74 Å². The highest BCUT2D eigenvalue weighted by Crippen LogP contribution is 2.32. The number of aryl methyl sites for hydroxylation is 1. The molecule has 3 aromatic rings. The minimum atomic E-state index is -4.75. The van der Waals surface area contributed by atoms with E-state index in [0.717, 1.165) is 11.1 Å². The van der Waals surface area contributed by atoms with Crippen LogP contribution in [0.2, 0.25) is 0 Å². The first kappa shape index (κ1) is 22.8. The zero-order chi connectivity index (χ0) is 24.7. The lowest BCUT2D eigenvalue weighted by Gasteiger charge is -2.20. The van der Waals surface area contributed by atoms with Gasteiger partial charge in [0.15, 0.2) is 5.82 Å². The van der Waals surface area contributed by atoms with E-state index in [1.807, 2.05) is 0 Å². The third kappa shape index (κ3) is 4.68. The molecule has 12 heteroatoms. The summed E-state index contributed by atoms with van der Waals surface area (Å²) >= 11 is 0. The summed E-state index contributed by atoms with van der Waals surface area (Å²) in [6.07, 6.45) is -2.50. The van der Waals surface area contributed by atoms with E-state index in [0.29, 0.717) is 31.6 Å². The van der Waals surface area contributed by atoms with Gasteiger partial charge >= 0.3 is 6.36 Å². The van der Waals surface area contributed by atoms with Crippen molar-refractivity contribution in [3.8, 4) is 5.75 Å². The average Bonchev–Trinajstić information content (AvgIpc) is 3.52. The number of rotatable bonds is 5. The predicted molar refractivity (Wildman–Crippen MR) is 114 cm³/mol. The van der Waals surface area contributed by atoms with Crippen LogP contribution in [0.15, 0.2) is 48.2 Å². The highest BCUT2D eigenvalue weighted by molar-refractivity contribution is 5.98. The number of halogens is 4. The van der Waals surface area contributed by atoms with Crippen molar-refractivity contribution >= 4 is 22.8 Å². The maximum Gasteiger partial charge on any atom is 0.573 e. The molecule has 2 aliphatic heterocycles. The molecule has 0 bridgehead atoms. The molecule has 0 unspecified atom stereocenters. The van der Waals surface area contributed by atoms with Gasteiger partial charge in [-0.25, -0.2) is 4.39 Å². The van der Waals surface area contributed by atoms with Crippen molar-refractivity contribution in [2.24, 2.45) is 5.92 Å². The Morgan fingerprint density at radius 1 is 1.11 bits per heavy atom. The zero-order valence-corrected chi connectivity index (χ0v) is 18.2. The molecule has 2 amide bonds. The first-order valence-corrected chi connectivity index (χ1v) is 10.8. The van der Waals surface area contributed by atoms with E-state index in [-0.39, 0.29) is 35.1 Å². The van der Waals surface area contributed by atoms with Crippen molar-refractivity contribution in [1.29, 1.82) is 0 Å². The highest BCUT2D eigenvalue weighted by Gasteiger charge is 2.38. The molecule has 2 aromatic carbocycles. The summed E-state index contributed by atoms with van der Waals surface area (Å²) in [6.45, 7) is 1.16. The van der Waals surface area contributed by atoms with Crippen LogP contribution in [0.5, 0.6) is 5.75 Å². The Kier molecular flexibility index (Phi) is 5.65. The third-order valence-corrected chi connectivity index (χ3v) is 6.14. The number of hydrogen-bond acceptors (Lipinski definition) is 5. The number of nitrogens with zero attached hydrogens (tertiary/aromatic N) is 4. The maximum absolute atomic E-state index is 14.7. The monoisotopic (exact) mass is 489 g/mol. The smallest absolute Gasteiger partial charge is 0.406 e. The van der Waals surface area contributed by atoms with Crippen LogP contribution in [0, 0.1) is 11.7 Å². The molecule has 8 nitrogen and oxygen atoms in total. The third-order valence-electron chi connectivity index (χ3n) is 6.14. The standard InChI is InChI=1S/C23H19F4N5O3/c24-20-17(6-7-18-21(20)29-30-28-18)22(34)32-11-14-9-31(10-15(14)12-32)19(33)8-3-13-1-4-16(5-2-13)35-23(25,26)27/h1-2,4-7,11,15H,3,8-10,12H2,(H,28,29,30)/t15-/m1/s1. The van der Waals surface area contributed by atoms with Gasteiger partial charge < -0.3 is 14.5 Å². The normalized spacial score (nSPS) is 17.6. The molecular formula is C23H19F4N5O3. The van der Waals surface area contributed by atoms with Crippen LogP contribution in [0.1, 0.15) is 22.3 Å². The number of hydrogen-bond donors (Lipinski definition) is 1. The molecule has 0 spiro atoms. The van der Waals surface area contributed by atoms with Crippen LogP contribution in [0.25, 0.3) is 11.0 Å². The Morgan fingerprint density at radius 3 is 2.60 bits per heavy atom. The highest BCUT2D eigenvalue weighted by atomic mass is 19.4. The molecule has 0 aliphatic carbocycles. The molecule has 0 radical (unpaired) electrons. The van der Waals surface area contributed by atoms with Gasteiger partial charge in [-0.15, -0.1) is 18.3 Å². The Morgan fingerprint density at radius 2 is 1.89 bits per heavy atom. The van der Waals surface area contributed by atoms with Crippen molar-refractivity contribution in [2.75, 3.05) is 19.6 Å². The molecule has 1 N–H and O–H groups in total. The molecule has 1 saturated heterocycles. The van der Waals surface area contributed by atoms with Crippen LogP contribution in [0.3, 0.4) is 0 Å². The number of H-pyrrole nitrogens is 1. The van der Waals surface area contributed by atoms with Gasteiger partial charge in [0.2, 0.25) is 5.91 Å². The fraction of sp³-hybridized carbons (Fsp3) is 0.304. The first-order chi connectivity index (χ1) is 16.7. The van der Waals surface area contributed by atoms with E-state index in [1.165, 1.54) is 35.2 Å². The number of aromatic nitrogens is 3. The molecule has 0 saturated carbocycles. The van der Waals surface area contributed by atoms with E-state index >= 15 is 0 Å². The molecule has 1 atom stereocenters.